The second-order valence-electron chi connectivity index (χ2n) is 9.80. The molecule has 0 N–H and O–H groups in total. The van der Waals surface area contributed by atoms with Crippen LogP contribution in [0.5, 0.6) is 23.0 Å². The summed E-state index contributed by atoms with van der Waals surface area (Å²) < 4.78 is 28.4. The highest BCUT2D eigenvalue weighted by molar-refractivity contribution is 5.90. The number of benzene rings is 3. The van der Waals surface area contributed by atoms with E-state index in [1.165, 1.54) is 45.6 Å². The van der Waals surface area contributed by atoms with Crippen LogP contribution in [0.25, 0.3) is 0 Å². The molecule has 6 nitrogen and oxygen atoms in total. The standard InChI is InChI=1S/C34H44O6/c1-3-4-5-6-7-8-9-13-21-38-32-24-29(34(35)36-2)25-33(26-32)39-23-14-22-37-30-17-19-31(20-18-30)40-27-28-15-11-10-12-16-28/h10-12,15-20,24-26H,3-9,13-14,21-23,27H2,1-2H3. The van der Waals surface area contributed by atoms with Gasteiger partial charge in [0.15, 0.2) is 0 Å². The van der Waals surface area contributed by atoms with E-state index in [2.05, 4.69) is 6.92 Å². The third-order valence-electron chi connectivity index (χ3n) is 6.47. The lowest BCUT2D eigenvalue weighted by Gasteiger charge is -2.12. The average molecular weight is 549 g/mol. The first-order chi connectivity index (χ1) is 19.7. The molecule has 0 bridgehead atoms. The molecule has 0 aliphatic rings. The largest absolute Gasteiger partial charge is 0.493 e. The number of hydrogen-bond acceptors (Lipinski definition) is 6. The first-order valence-electron chi connectivity index (χ1n) is 14.6. The van der Waals surface area contributed by atoms with Crippen LogP contribution >= 0.6 is 0 Å². The van der Waals surface area contributed by atoms with Gasteiger partial charge in [-0.25, -0.2) is 4.79 Å². The fourth-order valence-electron chi connectivity index (χ4n) is 4.21. The van der Waals surface area contributed by atoms with Crippen molar-refractivity contribution in [1.82, 2.24) is 0 Å². The molecule has 0 saturated carbocycles. The predicted molar refractivity (Wildman–Crippen MR) is 159 cm³/mol. The molecule has 3 aromatic rings. The zero-order valence-corrected chi connectivity index (χ0v) is 24.1. The van der Waals surface area contributed by atoms with Crippen molar-refractivity contribution in [1.29, 1.82) is 0 Å². The summed E-state index contributed by atoms with van der Waals surface area (Å²) in [5.41, 5.74) is 1.54. The van der Waals surface area contributed by atoms with Crippen LogP contribution in [-0.4, -0.2) is 32.9 Å². The lowest BCUT2D eigenvalue weighted by molar-refractivity contribution is 0.0599. The molecule has 0 aliphatic heterocycles. The molecular weight excluding hydrogens is 504 g/mol. The van der Waals surface area contributed by atoms with Crippen LogP contribution in [0.2, 0.25) is 0 Å². The Bertz CT molecular complexity index is 1100. The Kier molecular flexibility index (Phi) is 14.3. The van der Waals surface area contributed by atoms with E-state index in [1.807, 2.05) is 60.7 Å². The van der Waals surface area contributed by atoms with Crippen LogP contribution in [0.3, 0.4) is 0 Å². The average Bonchev–Trinajstić information content (AvgIpc) is 2.99. The van der Waals surface area contributed by atoms with Crippen molar-refractivity contribution in [2.24, 2.45) is 0 Å². The fraction of sp³-hybridized carbons (Fsp3) is 0.441. The Morgan fingerprint density at radius 3 is 1.70 bits per heavy atom. The topological polar surface area (TPSA) is 63.2 Å². The van der Waals surface area contributed by atoms with Gasteiger partial charge in [-0.15, -0.1) is 0 Å². The summed E-state index contributed by atoms with van der Waals surface area (Å²) in [7, 11) is 1.37. The summed E-state index contributed by atoms with van der Waals surface area (Å²) in [6.07, 6.45) is 10.6. The maximum absolute atomic E-state index is 12.1. The summed E-state index contributed by atoms with van der Waals surface area (Å²) in [5.74, 6) is 2.35. The lowest BCUT2D eigenvalue weighted by Crippen LogP contribution is -2.07. The summed E-state index contributed by atoms with van der Waals surface area (Å²) >= 11 is 0. The fourth-order valence-corrected chi connectivity index (χ4v) is 4.21. The normalized spacial score (nSPS) is 10.7. The monoisotopic (exact) mass is 548 g/mol. The molecule has 0 atom stereocenters. The molecular formula is C34H44O6. The minimum atomic E-state index is -0.415. The summed E-state index contributed by atoms with van der Waals surface area (Å²) in [6, 6.07) is 22.9. The van der Waals surface area contributed by atoms with Gasteiger partial charge in [0, 0.05) is 12.5 Å². The Hall–Kier alpha value is -3.67. The highest BCUT2D eigenvalue weighted by Gasteiger charge is 2.11. The molecule has 3 aromatic carbocycles. The minimum Gasteiger partial charge on any atom is -0.493 e. The van der Waals surface area contributed by atoms with Gasteiger partial charge in [0.05, 0.1) is 32.5 Å². The Balaban J connectivity index is 1.36. The number of carbonyl (C=O) groups excluding carboxylic acids is 1. The second-order valence-corrected chi connectivity index (χ2v) is 9.80. The molecule has 0 aromatic heterocycles. The number of rotatable bonds is 20. The van der Waals surface area contributed by atoms with Crippen molar-refractivity contribution >= 4 is 5.97 Å². The predicted octanol–water partition coefficient (Wildman–Crippen LogP) is 8.42. The van der Waals surface area contributed by atoms with Gasteiger partial charge < -0.3 is 23.7 Å². The quantitative estimate of drug-likeness (QED) is 0.104. The second kappa shape index (κ2) is 18.6. The Labute approximate surface area is 239 Å². The van der Waals surface area contributed by atoms with Crippen LogP contribution in [-0.2, 0) is 11.3 Å². The smallest absolute Gasteiger partial charge is 0.338 e. The molecule has 0 amide bonds. The van der Waals surface area contributed by atoms with Gasteiger partial charge in [-0.05, 0) is 48.4 Å². The third kappa shape index (κ3) is 12.0. The van der Waals surface area contributed by atoms with Gasteiger partial charge in [0.25, 0.3) is 0 Å². The molecule has 3 rings (SSSR count). The first kappa shape index (κ1) is 30.9. The zero-order valence-electron chi connectivity index (χ0n) is 24.1. The number of hydrogen-bond donors (Lipinski definition) is 0. The van der Waals surface area contributed by atoms with E-state index >= 15 is 0 Å². The molecule has 216 valence electrons. The van der Waals surface area contributed by atoms with E-state index in [0.29, 0.717) is 49.9 Å². The molecule has 0 aliphatic carbocycles. The SMILES string of the molecule is CCCCCCCCCCOc1cc(OCCCOc2ccc(OCc3ccccc3)cc2)cc(C(=O)OC)c1. The van der Waals surface area contributed by atoms with Gasteiger partial charge >= 0.3 is 5.97 Å². The first-order valence-corrected chi connectivity index (χ1v) is 14.6. The summed E-state index contributed by atoms with van der Waals surface area (Å²) in [5, 5.41) is 0. The van der Waals surface area contributed by atoms with Gasteiger partial charge in [-0.3, -0.25) is 0 Å². The summed E-state index contributed by atoms with van der Waals surface area (Å²) in [4.78, 5) is 12.1. The van der Waals surface area contributed by atoms with E-state index < -0.39 is 5.97 Å². The van der Waals surface area contributed by atoms with Crippen LogP contribution in [0.15, 0.2) is 72.8 Å². The molecule has 0 radical (unpaired) electrons. The van der Waals surface area contributed by atoms with Crippen LogP contribution in [0.1, 0.15) is 80.6 Å². The molecule has 0 fully saturated rings. The minimum absolute atomic E-state index is 0.414. The molecule has 6 heteroatoms. The van der Waals surface area contributed by atoms with Crippen molar-refractivity contribution in [2.45, 2.75) is 71.3 Å². The number of unbranched alkanes of at least 4 members (excludes halogenated alkanes) is 7. The number of carbonyl (C=O) groups is 1. The van der Waals surface area contributed by atoms with Crippen molar-refractivity contribution in [3.8, 4) is 23.0 Å². The molecule has 0 unspecified atom stereocenters. The van der Waals surface area contributed by atoms with Crippen LogP contribution in [0, 0.1) is 0 Å². The van der Waals surface area contributed by atoms with E-state index in [-0.39, 0.29) is 0 Å². The van der Waals surface area contributed by atoms with Crippen molar-refractivity contribution < 1.29 is 28.5 Å². The Morgan fingerprint density at radius 1 is 0.575 bits per heavy atom. The third-order valence-corrected chi connectivity index (χ3v) is 6.47. The van der Waals surface area contributed by atoms with Gasteiger partial charge in [-0.2, -0.15) is 0 Å². The highest BCUT2D eigenvalue weighted by Crippen LogP contribution is 2.25. The molecule has 0 heterocycles. The maximum Gasteiger partial charge on any atom is 0.338 e. The van der Waals surface area contributed by atoms with Crippen LogP contribution < -0.4 is 18.9 Å². The number of esters is 1. The van der Waals surface area contributed by atoms with Gasteiger partial charge in [0.1, 0.15) is 29.6 Å². The van der Waals surface area contributed by atoms with Crippen molar-refractivity contribution in [2.75, 3.05) is 26.9 Å². The molecule has 0 saturated heterocycles. The summed E-state index contributed by atoms with van der Waals surface area (Å²) in [6.45, 7) is 4.33. The van der Waals surface area contributed by atoms with Crippen molar-refractivity contribution in [3.63, 3.8) is 0 Å². The Morgan fingerprint density at radius 2 is 1.10 bits per heavy atom. The number of ether oxygens (including phenoxy) is 5. The van der Waals surface area contributed by atoms with Gasteiger partial charge in [-0.1, -0.05) is 82.2 Å². The van der Waals surface area contributed by atoms with E-state index in [0.717, 1.165) is 29.9 Å². The molecule has 0 spiro atoms. The molecule has 40 heavy (non-hydrogen) atoms. The highest BCUT2D eigenvalue weighted by atomic mass is 16.5. The van der Waals surface area contributed by atoms with Crippen molar-refractivity contribution in [3.05, 3.63) is 83.9 Å². The lowest BCUT2D eigenvalue weighted by atomic mass is 10.1. The van der Waals surface area contributed by atoms with E-state index in [4.69, 9.17) is 23.7 Å². The van der Waals surface area contributed by atoms with Crippen LogP contribution in [0.4, 0.5) is 0 Å². The zero-order chi connectivity index (χ0) is 28.3. The van der Waals surface area contributed by atoms with Gasteiger partial charge in [0.2, 0.25) is 0 Å². The van der Waals surface area contributed by atoms with E-state index in [9.17, 15) is 4.79 Å². The van der Waals surface area contributed by atoms with E-state index in [1.54, 1.807) is 12.1 Å². The maximum atomic E-state index is 12.1. The number of methoxy groups -OCH3 is 1.